The molecule has 1 saturated carbocycles. The Kier molecular flexibility index (Phi) is 4.44. The van der Waals surface area contributed by atoms with E-state index in [1.807, 2.05) is 25.1 Å². The monoisotopic (exact) mass is 250 g/mol. The van der Waals surface area contributed by atoms with Crippen molar-refractivity contribution in [3.63, 3.8) is 0 Å². The fourth-order valence-corrected chi connectivity index (χ4v) is 2.22. The quantitative estimate of drug-likeness (QED) is 0.758. The van der Waals surface area contributed by atoms with Crippen molar-refractivity contribution >= 4 is 5.69 Å². The third-order valence-electron chi connectivity index (χ3n) is 3.43. The molecule has 0 aliphatic heterocycles. The van der Waals surface area contributed by atoms with E-state index >= 15 is 0 Å². The second-order valence-corrected chi connectivity index (χ2v) is 4.69. The second-order valence-electron chi connectivity index (χ2n) is 4.69. The highest BCUT2D eigenvalue weighted by atomic mass is 16.5. The molecule has 3 N–H and O–H groups in total. The zero-order chi connectivity index (χ0) is 13.0. The molecule has 4 nitrogen and oxygen atoms in total. The highest BCUT2D eigenvalue weighted by Crippen LogP contribution is 2.25. The van der Waals surface area contributed by atoms with Crippen LogP contribution in [0.25, 0.3) is 0 Å². The lowest BCUT2D eigenvalue weighted by atomic mass is 9.89. The second kappa shape index (κ2) is 6.07. The van der Waals surface area contributed by atoms with E-state index in [-0.39, 0.29) is 0 Å². The fourth-order valence-electron chi connectivity index (χ4n) is 2.22. The van der Waals surface area contributed by atoms with E-state index < -0.39 is 0 Å². The molecule has 0 saturated heterocycles. The Labute approximate surface area is 108 Å². The Morgan fingerprint density at radius 3 is 2.83 bits per heavy atom. The first-order valence-corrected chi connectivity index (χ1v) is 6.50. The lowest BCUT2D eigenvalue weighted by molar-refractivity contribution is -0.0102. The fraction of sp³-hybridized carbons (Fsp3) is 0.571. The van der Waals surface area contributed by atoms with Crippen LogP contribution in [0.2, 0.25) is 0 Å². The lowest BCUT2D eigenvalue weighted by Gasteiger charge is -2.35. The maximum atomic E-state index is 5.94. The molecule has 0 unspecified atom stereocenters. The summed E-state index contributed by atoms with van der Waals surface area (Å²) in [7, 11) is 1.67. The molecule has 0 amide bonds. The molecule has 0 heterocycles. The first kappa shape index (κ1) is 13.2. The van der Waals surface area contributed by atoms with Gasteiger partial charge in [0.2, 0.25) is 0 Å². The molecule has 1 fully saturated rings. The van der Waals surface area contributed by atoms with Crippen LogP contribution < -0.4 is 15.8 Å². The van der Waals surface area contributed by atoms with Crippen molar-refractivity contribution in [1.29, 1.82) is 0 Å². The Hall–Kier alpha value is -1.26. The van der Waals surface area contributed by atoms with Crippen LogP contribution in [0.15, 0.2) is 18.2 Å². The van der Waals surface area contributed by atoms with Crippen LogP contribution in [0, 0.1) is 0 Å². The van der Waals surface area contributed by atoms with Gasteiger partial charge in [-0.25, -0.2) is 0 Å². The van der Waals surface area contributed by atoms with Gasteiger partial charge in [-0.1, -0.05) is 0 Å². The smallest absolute Gasteiger partial charge is 0.119 e. The average Bonchev–Trinajstić information content (AvgIpc) is 2.33. The molecule has 0 atom stereocenters. The van der Waals surface area contributed by atoms with Crippen molar-refractivity contribution in [2.75, 3.05) is 19.5 Å². The highest BCUT2D eigenvalue weighted by Gasteiger charge is 2.28. The predicted octanol–water partition coefficient (Wildman–Crippen LogP) is 1.93. The zero-order valence-corrected chi connectivity index (χ0v) is 11.1. The summed E-state index contributed by atoms with van der Waals surface area (Å²) < 4.78 is 10.7. The van der Waals surface area contributed by atoms with Crippen molar-refractivity contribution in [1.82, 2.24) is 5.32 Å². The first-order valence-electron chi connectivity index (χ1n) is 6.50. The van der Waals surface area contributed by atoms with Crippen molar-refractivity contribution < 1.29 is 9.47 Å². The maximum Gasteiger partial charge on any atom is 0.119 e. The van der Waals surface area contributed by atoms with Gasteiger partial charge in [-0.2, -0.15) is 0 Å². The highest BCUT2D eigenvalue weighted by molar-refractivity contribution is 5.50. The molecule has 0 spiro atoms. The number of hydrogen-bond donors (Lipinski definition) is 2. The number of benzene rings is 1. The van der Waals surface area contributed by atoms with Crippen LogP contribution in [-0.4, -0.2) is 25.9 Å². The van der Waals surface area contributed by atoms with Gasteiger partial charge in [0, 0.05) is 24.9 Å². The summed E-state index contributed by atoms with van der Waals surface area (Å²) in [6.45, 7) is 3.63. The molecule has 1 aliphatic rings. The molecule has 1 aliphatic carbocycles. The van der Waals surface area contributed by atoms with Gasteiger partial charge in [0.1, 0.15) is 5.75 Å². The molecule has 0 radical (unpaired) electrons. The molecule has 18 heavy (non-hydrogen) atoms. The largest absolute Gasteiger partial charge is 0.497 e. The van der Waals surface area contributed by atoms with Crippen LogP contribution in [-0.2, 0) is 11.3 Å². The number of hydrogen-bond acceptors (Lipinski definition) is 4. The molecule has 1 aromatic carbocycles. The third-order valence-corrected chi connectivity index (χ3v) is 3.43. The Morgan fingerprint density at radius 1 is 1.39 bits per heavy atom. The van der Waals surface area contributed by atoms with E-state index in [1.54, 1.807) is 7.11 Å². The summed E-state index contributed by atoms with van der Waals surface area (Å²) in [5, 5.41) is 3.50. The number of nitrogens with two attached hydrogens (primary N) is 1. The summed E-state index contributed by atoms with van der Waals surface area (Å²) in [6.07, 6.45) is 2.63. The summed E-state index contributed by atoms with van der Waals surface area (Å²) >= 11 is 0. The standard InChI is InChI=1S/C14H22N2O2/c1-3-18-13-7-11(8-13)16-9-10-6-12(17-2)4-5-14(10)15/h4-6,11,13,16H,3,7-9,15H2,1-2H3. The van der Waals surface area contributed by atoms with Crippen LogP contribution in [0.4, 0.5) is 5.69 Å². The van der Waals surface area contributed by atoms with Crippen molar-refractivity contribution in [3.05, 3.63) is 23.8 Å². The van der Waals surface area contributed by atoms with E-state index in [0.29, 0.717) is 12.1 Å². The van der Waals surface area contributed by atoms with Gasteiger partial charge in [0.15, 0.2) is 0 Å². The van der Waals surface area contributed by atoms with Crippen molar-refractivity contribution in [3.8, 4) is 5.75 Å². The van der Waals surface area contributed by atoms with Crippen LogP contribution in [0.3, 0.4) is 0 Å². The summed E-state index contributed by atoms with van der Waals surface area (Å²) in [5.74, 6) is 0.849. The van der Waals surface area contributed by atoms with Gasteiger partial charge in [0.05, 0.1) is 13.2 Å². The third kappa shape index (κ3) is 3.15. The maximum absolute atomic E-state index is 5.94. The molecular formula is C14H22N2O2. The lowest BCUT2D eigenvalue weighted by Crippen LogP contribution is -2.45. The van der Waals surface area contributed by atoms with E-state index in [0.717, 1.165) is 43.0 Å². The first-order chi connectivity index (χ1) is 8.72. The van der Waals surface area contributed by atoms with Crippen molar-refractivity contribution in [2.45, 2.75) is 38.5 Å². The number of methoxy groups -OCH3 is 1. The SMILES string of the molecule is CCOC1CC(NCc2cc(OC)ccc2N)C1. The summed E-state index contributed by atoms with van der Waals surface area (Å²) in [5.41, 5.74) is 7.85. The van der Waals surface area contributed by atoms with E-state index in [4.69, 9.17) is 15.2 Å². The number of rotatable bonds is 6. The molecular weight excluding hydrogens is 228 g/mol. The van der Waals surface area contributed by atoms with Gasteiger partial charge in [-0.15, -0.1) is 0 Å². The number of nitrogens with one attached hydrogen (secondary N) is 1. The Bertz CT molecular complexity index is 389. The number of nitrogen functional groups attached to an aromatic ring is 1. The minimum atomic E-state index is 0.440. The average molecular weight is 250 g/mol. The summed E-state index contributed by atoms with van der Waals surface area (Å²) in [6, 6.07) is 6.31. The number of anilines is 1. The molecule has 4 heteroatoms. The Morgan fingerprint density at radius 2 is 2.17 bits per heavy atom. The zero-order valence-electron chi connectivity index (χ0n) is 11.1. The molecule has 100 valence electrons. The van der Waals surface area contributed by atoms with E-state index in [2.05, 4.69) is 5.32 Å². The predicted molar refractivity (Wildman–Crippen MR) is 72.7 cm³/mol. The van der Waals surface area contributed by atoms with Crippen molar-refractivity contribution in [2.24, 2.45) is 0 Å². The Balaban J connectivity index is 1.80. The molecule has 0 aromatic heterocycles. The van der Waals surface area contributed by atoms with Gasteiger partial charge in [-0.3, -0.25) is 0 Å². The van der Waals surface area contributed by atoms with Gasteiger partial charge in [0.25, 0.3) is 0 Å². The van der Waals surface area contributed by atoms with Gasteiger partial charge < -0.3 is 20.5 Å². The molecule has 2 rings (SSSR count). The van der Waals surface area contributed by atoms with Crippen LogP contribution in [0.1, 0.15) is 25.3 Å². The molecule has 1 aromatic rings. The van der Waals surface area contributed by atoms with E-state index in [9.17, 15) is 0 Å². The normalized spacial score (nSPS) is 22.6. The van der Waals surface area contributed by atoms with Gasteiger partial charge >= 0.3 is 0 Å². The molecule has 0 bridgehead atoms. The topological polar surface area (TPSA) is 56.5 Å². The minimum Gasteiger partial charge on any atom is -0.497 e. The minimum absolute atomic E-state index is 0.440. The number of ether oxygens (including phenoxy) is 2. The summed E-state index contributed by atoms with van der Waals surface area (Å²) in [4.78, 5) is 0. The van der Waals surface area contributed by atoms with Gasteiger partial charge in [-0.05, 0) is 43.5 Å². The van der Waals surface area contributed by atoms with Crippen LogP contribution in [0.5, 0.6) is 5.75 Å². The van der Waals surface area contributed by atoms with E-state index in [1.165, 1.54) is 0 Å². The van der Waals surface area contributed by atoms with Crippen LogP contribution >= 0.6 is 0 Å².